The minimum Gasteiger partial charge on any atom is -0.484 e. The van der Waals surface area contributed by atoms with Crippen LogP contribution in [0, 0.1) is 6.92 Å². The van der Waals surface area contributed by atoms with E-state index in [2.05, 4.69) is 31.3 Å². The van der Waals surface area contributed by atoms with Crippen LogP contribution in [0.25, 0.3) is 0 Å². The Labute approximate surface area is 164 Å². The van der Waals surface area contributed by atoms with Gasteiger partial charge in [-0.3, -0.25) is 9.79 Å². The van der Waals surface area contributed by atoms with Gasteiger partial charge in [0, 0.05) is 38.5 Å². The van der Waals surface area contributed by atoms with Gasteiger partial charge in [0.2, 0.25) is 0 Å². The molecule has 0 saturated heterocycles. The average molecular weight is 390 g/mol. The van der Waals surface area contributed by atoms with E-state index in [1.54, 1.807) is 18.4 Å². The molecule has 0 spiro atoms. The van der Waals surface area contributed by atoms with Crippen molar-refractivity contribution in [1.29, 1.82) is 0 Å². The molecule has 2 aromatic rings. The fraction of sp³-hybridized carbons (Fsp3) is 0.421. The molecule has 146 valence electrons. The van der Waals surface area contributed by atoms with Crippen LogP contribution in [0.2, 0.25) is 0 Å². The number of hydrogen-bond acceptors (Lipinski definition) is 5. The molecule has 7 nitrogen and oxygen atoms in total. The summed E-state index contributed by atoms with van der Waals surface area (Å²) in [6, 6.07) is 7.66. The average Bonchev–Trinajstić information content (AvgIpc) is 3.08. The monoisotopic (exact) mass is 389 g/mol. The highest BCUT2D eigenvalue weighted by molar-refractivity contribution is 7.09. The van der Waals surface area contributed by atoms with Crippen molar-refractivity contribution in [2.24, 2.45) is 4.99 Å². The van der Waals surface area contributed by atoms with E-state index in [-0.39, 0.29) is 12.5 Å². The predicted octanol–water partition coefficient (Wildman–Crippen LogP) is 1.87. The molecular weight excluding hydrogens is 362 g/mol. The van der Waals surface area contributed by atoms with Crippen molar-refractivity contribution in [3.63, 3.8) is 0 Å². The summed E-state index contributed by atoms with van der Waals surface area (Å²) in [7, 11) is 1.74. The summed E-state index contributed by atoms with van der Waals surface area (Å²) in [6.45, 7) is 5.87. The van der Waals surface area contributed by atoms with Crippen molar-refractivity contribution in [3.8, 4) is 5.75 Å². The molecule has 3 N–H and O–H groups in total. The van der Waals surface area contributed by atoms with Gasteiger partial charge >= 0.3 is 0 Å². The summed E-state index contributed by atoms with van der Waals surface area (Å²) in [5, 5.41) is 12.4. The number of aromatic nitrogens is 1. The van der Waals surface area contributed by atoms with E-state index in [9.17, 15) is 4.79 Å². The molecule has 0 aliphatic rings. The summed E-state index contributed by atoms with van der Waals surface area (Å²) in [6.07, 6.45) is 0.855. The van der Waals surface area contributed by atoms with Crippen LogP contribution < -0.4 is 20.7 Å². The Kier molecular flexibility index (Phi) is 8.57. The van der Waals surface area contributed by atoms with Crippen LogP contribution in [0.4, 0.5) is 0 Å². The fourth-order valence-electron chi connectivity index (χ4n) is 2.38. The zero-order valence-electron chi connectivity index (χ0n) is 16.0. The molecule has 8 heteroatoms. The summed E-state index contributed by atoms with van der Waals surface area (Å²) < 4.78 is 5.52. The van der Waals surface area contributed by atoms with Crippen LogP contribution in [0.5, 0.6) is 5.75 Å². The molecular formula is C19H27N5O2S. The SMILES string of the molecule is CCNC(=O)COc1cccc(CNC(=NC)NCCc2csc(C)n2)c1. The Morgan fingerprint density at radius 2 is 2.15 bits per heavy atom. The van der Waals surface area contributed by atoms with Gasteiger partial charge in [-0.15, -0.1) is 11.3 Å². The van der Waals surface area contributed by atoms with Crippen LogP contribution in [0.1, 0.15) is 23.2 Å². The zero-order valence-corrected chi connectivity index (χ0v) is 16.9. The molecule has 2 rings (SSSR count). The molecule has 0 bridgehead atoms. The number of thiazole rings is 1. The number of aryl methyl sites for hydroxylation is 1. The van der Waals surface area contributed by atoms with Gasteiger partial charge in [0.1, 0.15) is 5.75 Å². The lowest BCUT2D eigenvalue weighted by Crippen LogP contribution is -2.37. The largest absolute Gasteiger partial charge is 0.484 e. The van der Waals surface area contributed by atoms with E-state index in [0.29, 0.717) is 18.8 Å². The van der Waals surface area contributed by atoms with Gasteiger partial charge in [-0.2, -0.15) is 0 Å². The number of benzene rings is 1. The summed E-state index contributed by atoms with van der Waals surface area (Å²) in [5.74, 6) is 1.28. The van der Waals surface area contributed by atoms with E-state index in [1.165, 1.54) is 0 Å². The van der Waals surface area contributed by atoms with Crippen LogP contribution in [0.3, 0.4) is 0 Å². The van der Waals surface area contributed by atoms with Crippen LogP contribution in [-0.2, 0) is 17.8 Å². The highest BCUT2D eigenvalue weighted by Gasteiger charge is 2.04. The molecule has 0 unspecified atom stereocenters. The van der Waals surface area contributed by atoms with Gasteiger partial charge in [0.15, 0.2) is 12.6 Å². The molecule has 0 radical (unpaired) electrons. The Morgan fingerprint density at radius 1 is 1.30 bits per heavy atom. The summed E-state index contributed by atoms with van der Waals surface area (Å²) in [5.41, 5.74) is 2.14. The third kappa shape index (κ3) is 7.65. The molecule has 1 heterocycles. The fourth-order valence-corrected chi connectivity index (χ4v) is 3.03. The predicted molar refractivity (Wildman–Crippen MR) is 109 cm³/mol. The van der Waals surface area contributed by atoms with Gasteiger partial charge in [-0.05, 0) is 31.5 Å². The van der Waals surface area contributed by atoms with Gasteiger partial charge in [0.05, 0.1) is 10.7 Å². The maximum absolute atomic E-state index is 11.5. The number of carbonyl (C=O) groups excluding carboxylic acids is 1. The quantitative estimate of drug-likeness (QED) is 0.450. The third-order valence-electron chi connectivity index (χ3n) is 3.67. The highest BCUT2D eigenvalue weighted by atomic mass is 32.1. The van der Waals surface area contributed by atoms with E-state index < -0.39 is 0 Å². The van der Waals surface area contributed by atoms with E-state index in [0.717, 1.165) is 35.2 Å². The minimum atomic E-state index is -0.124. The molecule has 0 aliphatic heterocycles. The van der Waals surface area contributed by atoms with Crippen molar-refractivity contribution in [3.05, 3.63) is 45.9 Å². The second-order valence-electron chi connectivity index (χ2n) is 5.85. The number of guanidine groups is 1. The summed E-state index contributed by atoms with van der Waals surface area (Å²) >= 11 is 1.66. The molecule has 1 aromatic carbocycles. The number of likely N-dealkylation sites (N-methyl/N-ethyl adjacent to an activating group) is 1. The number of amides is 1. The molecule has 0 aliphatic carbocycles. The number of hydrogen-bond donors (Lipinski definition) is 3. The standard InChI is InChI=1S/C19H27N5O2S/c1-4-21-18(25)12-26-17-7-5-6-15(10-17)11-23-19(20-3)22-9-8-16-13-27-14(2)24-16/h5-7,10,13H,4,8-9,11-12H2,1-3H3,(H,21,25)(H2,20,22,23). The highest BCUT2D eigenvalue weighted by Crippen LogP contribution is 2.13. The third-order valence-corrected chi connectivity index (χ3v) is 4.49. The zero-order chi connectivity index (χ0) is 19.5. The lowest BCUT2D eigenvalue weighted by molar-refractivity contribution is -0.122. The molecule has 27 heavy (non-hydrogen) atoms. The molecule has 0 atom stereocenters. The van der Waals surface area contributed by atoms with Crippen LogP contribution >= 0.6 is 11.3 Å². The van der Waals surface area contributed by atoms with Crippen molar-refractivity contribution >= 4 is 23.2 Å². The van der Waals surface area contributed by atoms with E-state index in [4.69, 9.17) is 4.74 Å². The number of nitrogens with one attached hydrogen (secondary N) is 3. The first-order valence-corrected chi connectivity index (χ1v) is 9.82. The summed E-state index contributed by atoms with van der Waals surface area (Å²) in [4.78, 5) is 20.2. The maximum atomic E-state index is 11.5. The van der Waals surface area contributed by atoms with Gasteiger partial charge in [-0.25, -0.2) is 4.98 Å². The molecule has 0 saturated carbocycles. The second-order valence-corrected chi connectivity index (χ2v) is 6.91. The smallest absolute Gasteiger partial charge is 0.257 e. The van der Waals surface area contributed by atoms with Gasteiger partial charge in [-0.1, -0.05) is 12.1 Å². The molecule has 0 fully saturated rings. The topological polar surface area (TPSA) is 87.6 Å². The van der Waals surface area contributed by atoms with Crippen LogP contribution in [-0.4, -0.2) is 43.6 Å². The van der Waals surface area contributed by atoms with Crippen molar-refractivity contribution in [2.45, 2.75) is 26.8 Å². The van der Waals surface area contributed by atoms with E-state index in [1.807, 2.05) is 38.1 Å². The van der Waals surface area contributed by atoms with Crippen molar-refractivity contribution in [2.75, 3.05) is 26.7 Å². The molecule has 1 amide bonds. The Bertz CT molecular complexity index is 760. The number of carbonyl (C=O) groups is 1. The lowest BCUT2D eigenvalue weighted by atomic mass is 10.2. The van der Waals surface area contributed by atoms with Crippen molar-refractivity contribution in [1.82, 2.24) is 20.9 Å². The van der Waals surface area contributed by atoms with Crippen molar-refractivity contribution < 1.29 is 9.53 Å². The first-order chi connectivity index (χ1) is 13.1. The molecule has 1 aromatic heterocycles. The minimum absolute atomic E-state index is 0.0179. The normalized spacial score (nSPS) is 11.1. The number of aliphatic imine (C=N–C) groups is 1. The van der Waals surface area contributed by atoms with Crippen LogP contribution in [0.15, 0.2) is 34.6 Å². The number of rotatable bonds is 9. The van der Waals surface area contributed by atoms with E-state index >= 15 is 0 Å². The van der Waals surface area contributed by atoms with Gasteiger partial charge in [0.25, 0.3) is 5.91 Å². The Morgan fingerprint density at radius 3 is 2.85 bits per heavy atom. The Hall–Kier alpha value is -2.61. The lowest BCUT2D eigenvalue weighted by Gasteiger charge is -2.12. The first-order valence-electron chi connectivity index (χ1n) is 8.94. The van der Waals surface area contributed by atoms with Gasteiger partial charge < -0.3 is 20.7 Å². The Balaban J connectivity index is 1.76. The number of ether oxygens (including phenoxy) is 1. The number of nitrogens with zero attached hydrogens (tertiary/aromatic N) is 2. The first kappa shape index (κ1) is 20.7. The maximum Gasteiger partial charge on any atom is 0.257 e. The second kappa shape index (κ2) is 11.2.